The summed E-state index contributed by atoms with van der Waals surface area (Å²) in [6, 6.07) is 13.9. The lowest BCUT2D eigenvalue weighted by atomic mass is 9.63. The maximum absolute atomic E-state index is 13.4. The van der Waals surface area contributed by atoms with Gasteiger partial charge in [0.15, 0.2) is 0 Å². The Morgan fingerprint density at radius 2 is 1.56 bits per heavy atom. The molecule has 0 aromatic heterocycles. The number of ether oxygens (including phenoxy) is 1. The molecule has 2 aromatic carbocycles. The van der Waals surface area contributed by atoms with E-state index < -0.39 is 11.9 Å². The summed E-state index contributed by atoms with van der Waals surface area (Å²) in [4.78, 5) is 55.1. The Morgan fingerprint density at radius 1 is 0.889 bits per heavy atom. The van der Waals surface area contributed by atoms with E-state index in [2.05, 4.69) is 28.1 Å². The molecule has 4 aliphatic carbocycles. The van der Waals surface area contributed by atoms with Crippen LogP contribution < -0.4 is 14.5 Å². The van der Waals surface area contributed by atoms with E-state index in [9.17, 15) is 19.2 Å². The van der Waals surface area contributed by atoms with Gasteiger partial charge < -0.3 is 9.64 Å². The summed E-state index contributed by atoms with van der Waals surface area (Å²) in [6.45, 7) is 0.240. The molecule has 2 bridgehead atoms. The van der Waals surface area contributed by atoms with Gasteiger partial charge in [-0.25, -0.2) is 4.90 Å². The normalized spacial score (nSPS) is 33.7. The van der Waals surface area contributed by atoms with Gasteiger partial charge in [0.05, 0.1) is 23.4 Å². The molecule has 0 N–H and O–H groups in total. The zero-order chi connectivity index (χ0) is 24.7. The Kier molecular flexibility index (Phi) is 4.80. The van der Waals surface area contributed by atoms with E-state index >= 15 is 0 Å². The molecule has 4 fully saturated rings. The van der Waals surface area contributed by atoms with Crippen molar-refractivity contribution in [1.29, 1.82) is 0 Å². The van der Waals surface area contributed by atoms with Crippen molar-refractivity contribution in [3.05, 3.63) is 65.2 Å². The first-order valence-electron chi connectivity index (χ1n) is 12.3. The molecule has 7 nitrogen and oxygen atoms in total. The van der Waals surface area contributed by atoms with Gasteiger partial charge in [-0.2, -0.15) is 0 Å². The van der Waals surface area contributed by atoms with Crippen LogP contribution in [0.25, 0.3) is 0 Å². The first kappa shape index (κ1) is 22.0. The molecule has 8 heteroatoms. The van der Waals surface area contributed by atoms with Crippen LogP contribution in [0.1, 0.15) is 12.8 Å². The Morgan fingerprint density at radius 3 is 2.22 bits per heavy atom. The van der Waals surface area contributed by atoms with Gasteiger partial charge in [-0.05, 0) is 66.5 Å². The van der Waals surface area contributed by atoms with Crippen molar-refractivity contribution in [2.75, 3.05) is 16.3 Å². The average Bonchev–Trinajstić information content (AvgIpc) is 3.55. The lowest BCUT2D eigenvalue weighted by Gasteiger charge is -2.37. The third-order valence-electron chi connectivity index (χ3n) is 8.55. The first-order valence-corrected chi connectivity index (χ1v) is 13.1. The Balaban J connectivity index is 1.07. The average molecular weight is 547 g/mol. The number of amides is 3. The number of hydrogen-bond donors (Lipinski definition) is 0. The van der Waals surface area contributed by atoms with Crippen LogP contribution in [0, 0.1) is 41.4 Å². The van der Waals surface area contributed by atoms with E-state index in [1.165, 1.54) is 4.90 Å². The highest BCUT2D eigenvalue weighted by atomic mass is 79.9. The van der Waals surface area contributed by atoms with Gasteiger partial charge in [-0.15, -0.1) is 0 Å². The largest absolute Gasteiger partial charge is 0.426 e. The number of allylic oxidation sites excluding steroid dienone is 2. The minimum atomic E-state index is -0.601. The number of carbonyl (C=O) groups excluding carboxylic acids is 4. The maximum atomic E-state index is 13.4. The highest BCUT2D eigenvalue weighted by Gasteiger charge is 2.67. The number of benzene rings is 2. The monoisotopic (exact) mass is 546 g/mol. The summed E-state index contributed by atoms with van der Waals surface area (Å²) < 4.78 is 6.54. The fraction of sp³-hybridized carbons (Fsp3) is 0.357. The van der Waals surface area contributed by atoms with Gasteiger partial charge in [0.1, 0.15) is 5.75 Å². The van der Waals surface area contributed by atoms with Gasteiger partial charge in [-0.1, -0.05) is 34.1 Å². The smallest absolute Gasteiger partial charge is 0.316 e. The predicted octanol–water partition coefficient (Wildman–Crippen LogP) is 3.97. The van der Waals surface area contributed by atoms with Crippen LogP contribution in [0.4, 0.5) is 11.4 Å². The molecule has 0 radical (unpaired) electrons. The molecule has 3 amide bonds. The second-order valence-corrected chi connectivity index (χ2v) is 11.4. The maximum Gasteiger partial charge on any atom is 0.316 e. The second-order valence-electron chi connectivity index (χ2n) is 10.5. The molecule has 182 valence electrons. The second kappa shape index (κ2) is 7.87. The number of anilines is 2. The molecule has 0 unspecified atom stereocenters. The lowest BCUT2D eigenvalue weighted by Crippen LogP contribution is -2.40. The zero-order valence-electron chi connectivity index (χ0n) is 19.2. The molecular weight excluding hydrogens is 524 g/mol. The molecule has 0 spiro atoms. The van der Waals surface area contributed by atoms with E-state index in [1.807, 2.05) is 24.3 Å². The third-order valence-corrected chi connectivity index (χ3v) is 9.08. The van der Waals surface area contributed by atoms with Gasteiger partial charge in [-0.3, -0.25) is 19.2 Å². The summed E-state index contributed by atoms with van der Waals surface area (Å²) in [5.74, 6) is -0.458. The summed E-state index contributed by atoms with van der Waals surface area (Å²) in [7, 11) is 0. The molecule has 2 aromatic rings. The molecule has 8 rings (SSSR count). The molecule has 2 saturated heterocycles. The van der Waals surface area contributed by atoms with Crippen LogP contribution >= 0.6 is 15.9 Å². The predicted molar refractivity (Wildman–Crippen MR) is 134 cm³/mol. The Bertz CT molecular complexity index is 1320. The number of esters is 1. The van der Waals surface area contributed by atoms with Crippen molar-refractivity contribution >= 4 is 51.0 Å². The van der Waals surface area contributed by atoms with Crippen LogP contribution in [0.2, 0.25) is 0 Å². The van der Waals surface area contributed by atoms with Crippen LogP contribution in [0.3, 0.4) is 0 Å². The van der Waals surface area contributed by atoms with Crippen molar-refractivity contribution in [1.82, 2.24) is 0 Å². The van der Waals surface area contributed by atoms with E-state index in [1.54, 1.807) is 29.2 Å². The number of hydrogen-bond acceptors (Lipinski definition) is 5. The fourth-order valence-electron chi connectivity index (χ4n) is 6.83. The van der Waals surface area contributed by atoms with E-state index in [0.717, 1.165) is 16.6 Å². The van der Waals surface area contributed by atoms with E-state index in [0.29, 0.717) is 17.5 Å². The number of carbonyl (C=O) groups is 4. The van der Waals surface area contributed by atoms with Crippen molar-refractivity contribution in [3.8, 4) is 5.75 Å². The topological polar surface area (TPSA) is 84.0 Å². The van der Waals surface area contributed by atoms with Gasteiger partial charge in [0.2, 0.25) is 17.7 Å². The standard InChI is InChI=1S/C28H23BrN2O5/c29-15-4-6-16(7-5-15)30-13-14(10-23(30)32)28(35)36-18-3-1-2-17(11-18)31-26(33)24-19-8-9-20(22-12-21(19)22)25(24)27(31)34/h1-9,11,14,19-22,24-25H,10,12-13H2/t14-,19+,20+,21-,22+,24-,25-/m1/s1. The minimum absolute atomic E-state index is 0.0686. The molecule has 2 aliphatic heterocycles. The number of nitrogens with zero attached hydrogens (tertiary/aromatic N) is 2. The highest BCUT2D eigenvalue weighted by Crippen LogP contribution is 2.65. The lowest BCUT2D eigenvalue weighted by molar-refractivity contribution is -0.139. The fourth-order valence-corrected chi connectivity index (χ4v) is 7.10. The SMILES string of the molecule is O=C(Oc1cccc(N2C(=O)[C@@H]3[C@H]4C=C[C@@H]([C@@H]5C[C@H]45)[C@H]3C2=O)c1)[C@@H]1CC(=O)N(c2ccc(Br)cc2)C1. The van der Waals surface area contributed by atoms with Crippen LogP contribution in [-0.2, 0) is 19.2 Å². The zero-order valence-corrected chi connectivity index (χ0v) is 20.8. The quantitative estimate of drug-likeness (QED) is 0.251. The Hall–Kier alpha value is -3.26. The van der Waals surface area contributed by atoms with Gasteiger partial charge in [0, 0.05) is 29.2 Å². The summed E-state index contributed by atoms with van der Waals surface area (Å²) >= 11 is 3.38. The van der Waals surface area contributed by atoms with Crippen LogP contribution in [-0.4, -0.2) is 30.2 Å². The van der Waals surface area contributed by atoms with Gasteiger partial charge >= 0.3 is 5.97 Å². The van der Waals surface area contributed by atoms with Crippen molar-refractivity contribution in [2.24, 2.45) is 41.4 Å². The van der Waals surface area contributed by atoms with Crippen molar-refractivity contribution in [2.45, 2.75) is 12.8 Å². The summed E-state index contributed by atoms with van der Waals surface area (Å²) in [5, 5.41) is 0. The number of halogens is 1. The van der Waals surface area contributed by atoms with Crippen molar-refractivity contribution in [3.63, 3.8) is 0 Å². The summed E-state index contributed by atoms with van der Waals surface area (Å²) in [5.41, 5.74) is 1.16. The van der Waals surface area contributed by atoms with Gasteiger partial charge in [0.25, 0.3) is 0 Å². The molecular formula is C28H23BrN2O5. The molecule has 6 aliphatic rings. The summed E-state index contributed by atoms with van der Waals surface area (Å²) in [6.07, 6.45) is 5.48. The Labute approximate surface area is 216 Å². The van der Waals surface area contributed by atoms with Crippen LogP contribution in [0.5, 0.6) is 5.75 Å². The molecule has 7 atom stereocenters. The van der Waals surface area contributed by atoms with Crippen LogP contribution in [0.15, 0.2) is 65.2 Å². The number of imide groups is 1. The molecule has 2 heterocycles. The molecule has 36 heavy (non-hydrogen) atoms. The number of rotatable bonds is 4. The third kappa shape index (κ3) is 3.23. The highest BCUT2D eigenvalue weighted by molar-refractivity contribution is 9.10. The van der Waals surface area contributed by atoms with E-state index in [4.69, 9.17) is 4.74 Å². The first-order chi connectivity index (χ1) is 17.4. The minimum Gasteiger partial charge on any atom is -0.426 e. The van der Waals surface area contributed by atoms with Crippen molar-refractivity contribution < 1.29 is 23.9 Å². The molecule has 2 saturated carbocycles. The van der Waals surface area contributed by atoms with E-state index in [-0.39, 0.29) is 60.1 Å².